The Bertz CT molecular complexity index is 901. The summed E-state index contributed by atoms with van der Waals surface area (Å²) in [7, 11) is -4.77. The molecule has 1 N–H and O–H groups in total. The minimum atomic E-state index is -4.77. The molecule has 2 aliphatic rings. The Balaban J connectivity index is 1.57. The van der Waals surface area contributed by atoms with Crippen LogP contribution in [0.15, 0.2) is 28.8 Å². The van der Waals surface area contributed by atoms with E-state index in [1.165, 1.54) is 4.90 Å². The molecular formula is C13H13N5O6S. The SMILES string of the molecule is O=C1N2C[C@@H](CCC2c2nnc(-c3ccccn3)o2)N1OS(=O)(=O)O. The number of hydrogen-bond donors (Lipinski definition) is 1. The van der Waals surface area contributed by atoms with E-state index in [1.807, 2.05) is 0 Å². The lowest BCUT2D eigenvalue weighted by Crippen LogP contribution is -2.35. The lowest BCUT2D eigenvalue weighted by atomic mass is 10.0. The van der Waals surface area contributed by atoms with Crippen LogP contribution in [-0.2, 0) is 14.7 Å². The van der Waals surface area contributed by atoms with Crippen molar-refractivity contribution < 1.29 is 26.5 Å². The van der Waals surface area contributed by atoms with Gasteiger partial charge in [-0.3, -0.25) is 9.54 Å². The van der Waals surface area contributed by atoms with Gasteiger partial charge >= 0.3 is 16.4 Å². The molecule has 0 saturated carbocycles. The van der Waals surface area contributed by atoms with Gasteiger partial charge in [0.25, 0.3) is 5.89 Å². The van der Waals surface area contributed by atoms with Gasteiger partial charge in [-0.15, -0.1) is 14.5 Å². The Morgan fingerprint density at radius 3 is 2.84 bits per heavy atom. The third-order valence-electron chi connectivity index (χ3n) is 4.11. The lowest BCUT2D eigenvalue weighted by molar-refractivity contribution is -0.0317. The van der Waals surface area contributed by atoms with Gasteiger partial charge < -0.3 is 9.32 Å². The predicted molar refractivity (Wildman–Crippen MR) is 79.9 cm³/mol. The smallest absolute Gasteiger partial charge is 0.417 e. The first-order valence-corrected chi connectivity index (χ1v) is 8.80. The Kier molecular flexibility index (Phi) is 3.67. The van der Waals surface area contributed by atoms with E-state index in [0.717, 1.165) is 0 Å². The third kappa shape index (κ3) is 2.94. The highest BCUT2D eigenvalue weighted by Crippen LogP contribution is 2.38. The molecule has 2 saturated heterocycles. The molecule has 2 atom stereocenters. The number of hydrogen-bond acceptors (Lipinski definition) is 8. The maximum absolute atomic E-state index is 12.4. The molecule has 12 heteroatoms. The minimum absolute atomic E-state index is 0.232. The molecule has 4 heterocycles. The normalized spacial score (nSPS) is 23.3. The number of rotatable bonds is 4. The fourth-order valence-electron chi connectivity index (χ4n) is 3.05. The highest BCUT2D eigenvalue weighted by atomic mass is 32.3. The number of amides is 2. The Hall–Kier alpha value is -2.57. The maximum Gasteiger partial charge on any atom is 0.418 e. The number of aromatic nitrogens is 3. The quantitative estimate of drug-likeness (QED) is 0.777. The zero-order valence-corrected chi connectivity index (χ0v) is 13.5. The van der Waals surface area contributed by atoms with E-state index in [1.54, 1.807) is 24.4 Å². The highest BCUT2D eigenvalue weighted by molar-refractivity contribution is 7.80. The van der Waals surface area contributed by atoms with Gasteiger partial charge in [-0.2, -0.15) is 13.5 Å². The van der Waals surface area contributed by atoms with Crippen LogP contribution in [0.5, 0.6) is 0 Å². The second-order valence-corrected chi connectivity index (χ2v) is 6.67. The van der Waals surface area contributed by atoms with Crippen molar-refractivity contribution >= 4 is 16.4 Å². The van der Waals surface area contributed by atoms with E-state index in [0.29, 0.717) is 23.6 Å². The van der Waals surface area contributed by atoms with Gasteiger partial charge in [0.15, 0.2) is 0 Å². The molecule has 2 amide bonds. The molecule has 2 fully saturated rings. The van der Waals surface area contributed by atoms with E-state index in [9.17, 15) is 13.2 Å². The number of pyridine rings is 1. The summed E-state index contributed by atoms with van der Waals surface area (Å²) in [6.07, 6.45) is 2.55. The standard InChI is InChI=1S/C13H13N5O6S/c19-13-17-7-8(18(13)24-25(20,21)22)4-5-10(17)12-16-15-11(23-12)9-3-1-2-6-14-9/h1-3,6,8,10H,4-5,7H2,(H,20,21,22)/t8-,10?/m1/s1. The first-order valence-electron chi connectivity index (χ1n) is 7.44. The van der Waals surface area contributed by atoms with Crippen LogP contribution in [0.3, 0.4) is 0 Å². The zero-order valence-electron chi connectivity index (χ0n) is 12.7. The first-order chi connectivity index (χ1) is 11.9. The van der Waals surface area contributed by atoms with Crippen molar-refractivity contribution in [3.8, 4) is 11.6 Å². The number of hydroxylamine groups is 2. The van der Waals surface area contributed by atoms with Gasteiger partial charge in [-0.25, -0.2) is 4.79 Å². The van der Waals surface area contributed by atoms with Crippen LogP contribution < -0.4 is 0 Å². The number of fused-ring (bicyclic) bond motifs is 2. The first kappa shape index (κ1) is 15.9. The molecule has 2 aromatic heterocycles. The van der Waals surface area contributed by atoms with Crippen LogP contribution in [-0.4, -0.2) is 56.7 Å². The molecular weight excluding hydrogens is 354 g/mol. The molecule has 0 radical (unpaired) electrons. The summed E-state index contributed by atoms with van der Waals surface area (Å²) >= 11 is 0. The van der Waals surface area contributed by atoms with Crippen molar-refractivity contribution in [2.75, 3.05) is 6.54 Å². The largest absolute Gasteiger partial charge is 0.418 e. The van der Waals surface area contributed by atoms with Gasteiger partial charge in [-0.1, -0.05) is 6.07 Å². The average molecular weight is 367 g/mol. The summed E-state index contributed by atoms with van der Waals surface area (Å²) in [5.74, 6) is 0.469. The summed E-state index contributed by atoms with van der Waals surface area (Å²) in [4.78, 5) is 17.9. The molecule has 2 bridgehead atoms. The van der Waals surface area contributed by atoms with Gasteiger partial charge in [0, 0.05) is 12.7 Å². The number of nitrogens with zero attached hydrogens (tertiary/aromatic N) is 5. The number of urea groups is 1. The van der Waals surface area contributed by atoms with Crippen molar-refractivity contribution in [1.82, 2.24) is 25.1 Å². The second-order valence-electron chi connectivity index (χ2n) is 5.67. The maximum atomic E-state index is 12.4. The molecule has 132 valence electrons. The third-order valence-corrected chi connectivity index (χ3v) is 4.46. The van der Waals surface area contributed by atoms with Crippen molar-refractivity contribution in [2.45, 2.75) is 24.9 Å². The summed E-state index contributed by atoms with van der Waals surface area (Å²) in [5, 5.41) is 8.61. The van der Waals surface area contributed by atoms with Crippen LogP contribution in [0.2, 0.25) is 0 Å². The van der Waals surface area contributed by atoms with Crippen LogP contribution >= 0.6 is 0 Å². The second kappa shape index (κ2) is 5.75. The Labute approximate surface area is 142 Å². The topological polar surface area (TPSA) is 139 Å². The van der Waals surface area contributed by atoms with Crippen LogP contribution in [0.1, 0.15) is 24.8 Å². The van der Waals surface area contributed by atoms with E-state index < -0.39 is 28.5 Å². The molecule has 11 nitrogen and oxygen atoms in total. The molecule has 4 rings (SSSR count). The van der Waals surface area contributed by atoms with Gasteiger partial charge in [0.2, 0.25) is 5.89 Å². The van der Waals surface area contributed by atoms with E-state index in [4.69, 9.17) is 8.97 Å². The molecule has 0 aromatic carbocycles. The fraction of sp³-hybridized carbons (Fsp3) is 0.385. The molecule has 0 aliphatic carbocycles. The Morgan fingerprint density at radius 1 is 1.28 bits per heavy atom. The van der Waals surface area contributed by atoms with E-state index >= 15 is 0 Å². The van der Waals surface area contributed by atoms with Crippen molar-refractivity contribution in [2.24, 2.45) is 0 Å². The summed E-state index contributed by atoms with van der Waals surface area (Å²) in [6.45, 7) is 0.236. The van der Waals surface area contributed by atoms with Crippen LogP contribution in [0, 0.1) is 0 Å². The van der Waals surface area contributed by atoms with Crippen molar-refractivity contribution in [1.29, 1.82) is 0 Å². The molecule has 25 heavy (non-hydrogen) atoms. The number of carbonyl (C=O) groups is 1. The number of carbonyl (C=O) groups excluding carboxylic acids is 1. The van der Waals surface area contributed by atoms with E-state index in [2.05, 4.69) is 19.5 Å². The average Bonchev–Trinajstić information content (AvgIpc) is 3.16. The monoisotopic (exact) mass is 367 g/mol. The Morgan fingerprint density at radius 2 is 2.12 bits per heavy atom. The summed E-state index contributed by atoms with van der Waals surface area (Å²) in [5.41, 5.74) is 0.513. The minimum Gasteiger partial charge on any atom is -0.417 e. The summed E-state index contributed by atoms with van der Waals surface area (Å²) in [6, 6.07) is 3.62. The van der Waals surface area contributed by atoms with Gasteiger partial charge in [-0.05, 0) is 25.0 Å². The van der Waals surface area contributed by atoms with Crippen LogP contribution in [0.4, 0.5) is 4.79 Å². The van der Waals surface area contributed by atoms with Crippen LogP contribution in [0.25, 0.3) is 11.6 Å². The van der Waals surface area contributed by atoms with Gasteiger partial charge in [0.05, 0.1) is 6.04 Å². The molecule has 0 spiro atoms. The highest BCUT2D eigenvalue weighted by Gasteiger charge is 2.49. The van der Waals surface area contributed by atoms with Crippen molar-refractivity contribution in [3.05, 3.63) is 30.3 Å². The molecule has 2 aliphatic heterocycles. The van der Waals surface area contributed by atoms with Crippen molar-refractivity contribution in [3.63, 3.8) is 0 Å². The van der Waals surface area contributed by atoms with Gasteiger partial charge in [0.1, 0.15) is 11.7 Å². The molecule has 2 aromatic rings. The summed E-state index contributed by atoms with van der Waals surface area (Å²) < 4.78 is 40.6. The lowest BCUT2D eigenvalue weighted by Gasteiger charge is -2.27. The van der Waals surface area contributed by atoms with E-state index in [-0.39, 0.29) is 18.3 Å². The zero-order chi connectivity index (χ0) is 17.6. The molecule has 1 unspecified atom stereocenters. The predicted octanol–water partition coefficient (Wildman–Crippen LogP) is 0.807. The fourth-order valence-corrected chi connectivity index (χ4v) is 3.44. The number of piperidine rings is 1.